The predicted molar refractivity (Wildman–Crippen MR) is 97.9 cm³/mol. The molecule has 1 N–H and O–H groups in total. The zero-order valence-electron chi connectivity index (χ0n) is 14.4. The maximum absolute atomic E-state index is 12.9. The molecule has 132 valence electrons. The molecule has 6 heteroatoms. The molecule has 1 heterocycles. The summed E-state index contributed by atoms with van der Waals surface area (Å²) in [5.74, 6) is -0.269. The Morgan fingerprint density at radius 3 is 2.32 bits per heavy atom. The summed E-state index contributed by atoms with van der Waals surface area (Å²) in [7, 11) is -3.67. The monoisotopic (exact) mass is 358 g/mol. The van der Waals surface area contributed by atoms with Crippen molar-refractivity contribution in [3.63, 3.8) is 0 Å². The number of rotatable bonds is 4. The second-order valence-corrected chi connectivity index (χ2v) is 8.23. The van der Waals surface area contributed by atoms with Crippen LogP contribution >= 0.6 is 0 Å². The standard InChI is InChI=1S/C19H22N2O3S/c1-14-8-6-9-15(2)18(14)20-19(22)17-12-7-13-21(17)25(23,24)16-10-4-3-5-11-16/h3-6,8-11,17H,7,12-13H2,1-2H3,(H,20,22)/t17-/m1/s1. The van der Waals surface area contributed by atoms with Crippen LogP contribution in [-0.4, -0.2) is 31.2 Å². The summed E-state index contributed by atoms with van der Waals surface area (Å²) < 4.78 is 27.1. The largest absolute Gasteiger partial charge is 0.324 e. The number of carbonyl (C=O) groups excluding carboxylic acids is 1. The number of sulfonamides is 1. The fourth-order valence-corrected chi connectivity index (χ4v) is 4.91. The van der Waals surface area contributed by atoms with Gasteiger partial charge in [-0.3, -0.25) is 4.79 Å². The molecule has 0 spiro atoms. The van der Waals surface area contributed by atoms with Crippen molar-refractivity contribution in [2.45, 2.75) is 37.6 Å². The summed E-state index contributed by atoms with van der Waals surface area (Å²) in [5.41, 5.74) is 2.68. The Balaban J connectivity index is 1.86. The lowest BCUT2D eigenvalue weighted by atomic mass is 10.1. The molecule has 0 unspecified atom stereocenters. The molecule has 1 aliphatic heterocycles. The van der Waals surface area contributed by atoms with E-state index in [-0.39, 0.29) is 10.8 Å². The first-order valence-corrected chi connectivity index (χ1v) is 9.79. The lowest BCUT2D eigenvalue weighted by Gasteiger charge is -2.24. The molecule has 0 bridgehead atoms. The molecule has 0 aromatic heterocycles. The molecule has 1 atom stereocenters. The number of nitrogens with one attached hydrogen (secondary N) is 1. The number of benzene rings is 2. The molecule has 1 saturated heterocycles. The number of carbonyl (C=O) groups is 1. The van der Waals surface area contributed by atoms with E-state index in [0.29, 0.717) is 19.4 Å². The quantitative estimate of drug-likeness (QED) is 0.913. The van der Waals surface area contributed by atoms with E-state index in [2.05, 4.69) is 5.32 Å². The van der Waals surface area contributed by atoms with E-state index < -0.39 is 16.1 Å². The third-order valence-corrected chi connectivity index (χ3v) is 6.51. The molecule has 0 saturated carbocycles. The Morgan fingerprint density at radius 2 is 1.68 bits per heavy atom. The summed E-state index contributed by atoms with van der Waals surface area (Å²) in [4.78, 5) is 13.0. The van der Waals surface area contributed by atoms with Crippen LogP contribution in [0.3, 0.4) is 0 Å². The van der Waals surface area contributed by atoms with Gasteiger partial charge in [-0.25, -0.2) is 8.42 Å². The van der Waals surface area contributed by atoms with E-state index in [1.54, 1.807) is 30.3 Å². The number of aryl methyl sites for hydroxylation is 2. The topological polar surface area (TPSA) is 66.5 Å². The highest BCUT2D eigenvalue weighted by atomic mass is 32.2. The van der Waals surface area contributed by atoms with Crippen LogP contribution in [-0.2, 0) is 14.8 Å². The molecule has 3 rings (SSSR count). The first-order chi connectivity index (χ1) is 11.9. The van der Waals surface area contributed by atoms with E-state index in [0.717, 1.165) is 16.8 Å². The molecule has 0 radical (unpaired) electrons. The van der Waals surface area contributed by atoms with Crippen LogP contribution < -0.4 is 5.32 Å². The molecule has 2 aromatic carbocycles. The van der Waals surface area contributed by atoms with Gasteiger partial charge in [-0.2, -0.15) is 4.31 Å². The van der Waals surface area contributed by atoms with Crippen LogP contribution in [0.5, 0.6) is 0 Å². The molecule has 25 heavy (non-hydrogen) atoms. The van der Waals surface area contributed by atoms with Crippen molar-refractivity contribution in [3.8, 4) is 0 Å². The van der Waals surface area contributed by atoms with Crippen molar-refractivity contribution in [2.75, 3.05) is 11.9 Å². The van der Waals surface area contributed by atoms with Gasteiger partial charge in [-0.05, 0) is 49.9 Å². The van der Waals surface area contributed by atoms with Gasteiger partial charge in [-0.15, -0.1) is 0 Å². The Kier molecular flexibility index (Phi) is 4.92. The summed E-state index contributed by atoms with van der Waals surface area (Å²) in [5, 5.41) is 2.93. The number of hydrogen-bond acceptors (Lipinski definition) is 3. The van der Waals surface area contributed by atoms with Crippen LogP contribution in [0, 0.1) is 13.8 Å². The predicted octanol–water partition coefficient (Wildman–Crippen LogP) is 3.10. The van der Waals surface area contributed by atoms with E-state index in [1.165, 1.54) is 4.31 Å². The van der Waals surface area contributed by atoms with Crippen molar-refractivity contribution in [2.24, 2.45) is 0 Å². The minimum atomic E-state index is -3.67. The van der Waals surface area contributed by atoms with E-state index in [4.69, 9.17) is 0 Å². The molecule has 2 aromatic rings. The summed E-state index contributed by atoms with van der Waals surface area (Å²) >= 11 is 0. The smallest absolute Gasteiger partial charge is 0.243 e. The summed E-state index contributed by atoms with van der Waals surface area (Å²) in [6.45, 7) is 4.22. The average molecular weight is 358 g/mol. The fourth-order valence-electron chi connectivity index (χ4n) is 3.24. The molecule has 1 fully saturated rings. The van der Waals surface area contributed by atoms with Gasteiger partial charge in [-0.1, -0.05) is 36.4 Å². The van der Waals surface area contributed by atoms with Gasteiger partial charge in [0.05, 0.1) is 4.90 Å². The average Bonchev–Trinajstić information content (AvgIpc) is 3.10. The normalized spacial score (nSPS) is 18.2. The zero-order valence-corrected chi connectivity index (χ0v) is 15.2. The Bertz CT molecular complexity index is 859. The third-order valence-electron chi connectivity index (χ3n) is 4.59. The van der Waals surface area contributed by atoms with Crippen molar-refractivity contribution in [1.82, 2.24) is 4.31 Å². The third kappa shape index (κ3) is 3.45. The highest BCUT2D eigenvalue weighted by Gasteiger charge is 2.39. The second-order valence-electron chi connectivity index (χ2n) is 6.34. The molecule has 1 amide bonds. The Hall–Kier alpha value is -2.18. The summed E-state index contributed by atoms with van der Waals surface area (Å²) in [6, 6.07) is 13.4. The first-order valence-electron chi connectivity index (χ1n) is 8.35. The van der Waals surface area contributed by atoms with Crippen LogP contribution in [0.4, 0.5) is 5.69 Å². The Morgan fingerprint density at radius 1 is 1.04 bits per heavy atom. The van der Waals surface area contributed by atoms with Gasteiger partial charge in [0.1, 0.15) is 6.04 Å². The number of anilines is 1. The zero-order chi connectivity index (χ0) is 18.0. The molecular formula is C19H22N2O3S. The maximum atomic E-state index is 12.9. The van der Waals surface area contributed by atoms with Crippen molar-refractivity contribution in [3.05, 3.63) is 59.7 Å². The lowest BCUT2D eigenvalue weighted by molar-refractivity contribution is -0.119. The van der Waals surface area contributed by atoms with Crippen LogP contribution in [0.1, 0.15) is 24.0 Å². The van der Waals surface area contributed by atoms with Gasteiger partial charge in [0, 0.05) is 12.2 Å². The molecule has 0 aliphatic carbocycles. The first kappa shape index (κ1) is 17.6. The molecule has 5 nitrogen and oxygen atoms in total. The Labute approximate surface area is 148 Å². The minimum Gasteiger partial charge on any atom is -0.324 e. The van der Waals surface area contributed by atoms with E-state index >= 15 is 0 Å². The highest BCUT2D eigenvalue weighted by Crippen LogP contribution is 2.28. The van der Waals surface area contributed by atoms with Gasteiger partial charge in [0.25, 0.3) is 0 Å². The minimum absolute atomic E-state index is 0.224. The molecular weight excluding hydrogens is 336 g/mol. The highest BCUT2D eigenvalue weighted by molar-refractivity contribution is 7.89. The summed E-state index contributed by atoms with van der Waals surface area (Å²) in [6.07, 6.45) is 1.21. The van der Waals surface area contributed by atoms with E-state index in [1.807, 2.05) is 32.0 Å². The maximum Gasteiger partial charge on any atom is 0.243 e. The van der Waals surface area contributed by atoms with Crippen LogP contribution in [0.25, 0.3) is 0 Å². The van der Waals surface area contributed by atoms with Crippen molar-refractivity contribution < 1.29 is 13.2 Å². The van der Waals surface area contributed by atoms with Gasteiger partial charge in [0.15, 0.2) is 0 Å². The SMILES string of the molecule is Cc1cccc(C)c1NC(=O)[C@H]1CCCN1S(=O)(=O)c1ccccc1. The van der Waals surface area contributed by atoms with Crippen LogP contribution in [0.2, 0.25) is 0 Å². The number of hydrogen-bond donors (Lipinski definition) is 1. The number of nitrogens with zero attached hydrogens (tertiary/aromatic N) is 1. The van der Waals surface area contributed by atoms with E-state index in [9.17, 15) is 13.2 Å². The van der Waals surface area contributed by atoms with Gasteiger partial charge in [0.2, 0.25) is 15.9 Å². The molecule has 1 aliphatic rings. The second kappa shape index (κ2) is 6.98. The van der Waals surface area contributed by atoms with Crippen LogP contribution in [0.15, 0.2) is 53.4 Å². The van der Waals surface area contributed by atoms with Gasteiger partial charge >= 0.3 is 0 Å². The number of para-hydroxylation sites is 1. The van der Waals surface area contributed by atoms with Crippen molar-refractivity contribution >= 4 is 21.6 Å². The lowest BCUT2D eigenvalue weighted by Crippen LogP contribution is -2.43. The number of amides is 1. The van der Waals surface area contributed by atoms with Crippen molar-refractivity contribution in [1.29, 1.82) is 0 Å². The van der Waals surface area contributed by atoms with Gasteiger partial charge < -0.3 is 5.32 Å². The fraction of sp³-hybridized carbons (Fsp3) is 0.316.